The molecule has 0 saturated heterocycles. The van der Waals surface area contributed by atoms with Crippen LogP contribution in [0, 0.1) is 5.41 Å². The minimum Gasteiger partial charge on any atom is -0.316 e. The van der Waals surface area contributed by atoms with E-state index in [-0.39, 0.29) is 0 Å². The van der Waals surface area contributed by atoms with Crippen molar-refractivity contribution in [1.82, 2.24) is 5.32 Å². The van der Waals surface area contributed by atoms with Crippen LogP contribution in [0.4, 0.5) is 0 Å². The summed E-state index contributed by atoms with van der Waals surface area (Å²) in [4.78, 5) is 0. The summed E-state index contributed by atoms with van der Waals surface area (Å²) in [6.45, 7) is 6.84. The van der Waals surface area contributed by atoms with Crippen LogP contribution in [0.25, 0.3) is 0 Å². The summed E-state index contributed by atoms with van der Waals surface area (Å²) in [6.07, 6.45) is 3.55. The van der Waals surface area contributed by atoms with Gasteiger partial charge in [0.25, 0.3) is 0 Å². The van der Waals surface area contributed by atoms with E-state index < -0.39 is 0 Å². The smallest absolute Gasteiger partial charge is 0.0223 e. The summed E-state index contributed by atoms with van der Waals surface area (Å²) in [5, 5.41) is 3.63. The lowest BCUT2D eigenvalue weighted by molar-refractivity contribution is 0.306. The number of benzene rings is 1. The summed E-state index contributed by atoms with van der Waals surface area (Å²) in [6, 6.07) is 8.80. The second-order valence-electron chi connectivity index (χ2n) is 6.19. The fourth-order valence-corrected chi connectivity index (χ4v) is 2.90. The maximum Gasteiger partial charge on any atom is 0.0223 e. The highest BCUT2D eigenvalue weighted by Crippen LogP contribution is 2.34. The number of nitrogens with one attached hydrogen (secondary N) is 1. The van der Waals surface area contributed by atoms with Crippen LogP contribution >= 0.6 is 11.6 Å². The fraction of sp³-hybridized carbons (Fsp3) is 0.625. The molecule has 0 aromatic heterocycles. The number of hydrogen-bond acceptors (Lipinski definition) is 1. The van der Waals surface area contributed by atoms with Crippen LogP contribution in [0.15, 0.2) is 24.3 Å². The summed E-state index contributed by atoms with van der Waals surface area (Å²) < 4.78 is 0. The molecule has 1 aromatic rings. The van der Waals surface area contributed by atoms with E-state index in [0.717, 1.165) is 31.3 Å². The Balaban J connectivity index is 1.71. The van der Waals surface area contributed by atoms with Crippen LogP contribution in [0.5, 0.6) is 0 Å². The first-order chi connectivity index (χ1) is 8.62. The fourth-order valence-electron chi connectivity index (χ4n) is 2.76. The van der Waals surface area contributed by atoms with Crippen molar-refractivity contribution in [3.63, 3.8) is 0 Å². The molecule has 0 radical (unpaired) electrons. The Morgan fingerprint density at radius 1 is 1.33 bits per heavy atom. The topological polar surface area (TPSA) is 12.0 Å². The predicted molar refractivity (Wildman–Crippen MR) is 79.5 cm³/mol. The zero-order valence-corrected chi connectivity index (χ0v) is 12.3. The van der Waals surface area contributed by atoms with Gasteiger partial charge >= 0.3 is 0 Å². The first-order valence-electron chi connectivity index (χ1n) is 6.97. The maximum atomic E-state index is 5.76. The van der Waals surface area contributed by atoms with E-state index in [1.54, 1.807) is 5.56 Å². The van der Waals surface area contributed by atoms with Crippen molar-refractivity contribution in [2.45, 2.75) is 39.0 Å². The van der Waals surface area contributed by atoms with E-state index in [4.69, 9.17) is 11.6 Å². The second kappa shape index (κ2) is 6.08. The Labute approximate surface area is 116 Å². The molecule has 1 aliphatic rings. The highest BCUT2D eigenvalue weighted by Gasteiger charge is 2.25. The molecular weight excluding hydrogens is 242 g/mol. The molecule has 2 rings (SSSR count). The number of hydrogen-bond donors (Lipinski definition) is 1. The van der Waals surface area contributed by atoms with Crippen LogP contribution in [0.2, 0.25) is 0 Å². The molecule has 0 bridgehead atoms. The molecule has 100 valence electrons. The standard InChI is InChI=1S/C16H24ClN/c1-16(2,8-5-9-17)12-18-11-14-10-13-6-3-4-7-15(13)14/h3-4,6-7,14,18H,5,8-12H2,1-2H3. The van der Waals surface area contributed by atoms with Gasteiger partial charge in [0.15, 0.2) is 0 Å². The van der Waals surface area contributed by atoms with Gasteiger partial charge in [-0.1, -0.05) is 38.1 Å². The van der Waals surface area contributed by atoms with Gasteiger partial charge in [-0.2, -0.15) is 0 Å². The van der Waals surface area contributed by atoms with Crippen molar-refractivity contribution in [2.75, 3.05) is 19.0 Å². The minimum atomic E-state index is 0.359. The third kappa shape index (κ3) is 3.49. The first-order valence-corrected chi connectivity index (χ1v) is 7.50. The summed E-state index contributed by atoms with van der Waals surface area (Å²) in [5.74, 6) is 1.50. The quantitative estimate of drug-likeness (QED) is 0.736. The van der Waals surface area contributed by atoms with E-state index >= 15 is 0 Å². The van der Waals surface area contributed by atoms with Gasteiger partial charge in [-0.15, -0.1) is 11.6 Å². The van der Waals surface area contributed by atoms with Gasteiger partial charge in [0, 0.05) is 24.9 Å². The van der Waals surface area contributed by atoms with Crippen molar-refractivity contribution in [2.24, 2.45) is 5.41 Å². The average Bonchev–Trinajstić information content (AvgIpc) is 2.32. The van der Waals surface area contributed by atoms with Crippen LogP contribution in [0.3, 0.4) is 0 Å². The summed E-state index contributed by atoms with van der Waals surface area (Å²) >= 11 is 5.76. The molecule has 0 aliphatic heterocycles. The predicted octanol–water partition coefficient (Wildman–Crippen LogP) is 3.96. The Kier molecular flexibility index (Phi) is 4.69. The molecular formula is C16H24ClN. The first kappa shape index (κ1) is 13.9. The largest absolute Gasteiger partial charge is 0.316 e. The molecule has 1 unspecified atom stereocenters. The number of fused-ring (bicyclic) bond motifs is 1. The lowest BCUT2D eigenvalue weighted by Gasteiger charge is -2.32. The van der Waals surface area contributed by atoms with Gasteiger partial charge in [0.05, 0.1) is 0 Å². The van der Waals surface area contributed by atoms with Crippen LogP contribution in [-0.2, 0) is 6.42 Å². The van der Waals surface area contributed by atoms with Gasteiger partial charge in [0.1, 0.15) is 0 Å². The molecule has 0 spiro atoms. The lowest BCUT2D eigenvalue weighted by Crippen LogP contribution is -2.35. The SMILES string of the molecule is CC(C)(CCCCl)CNCC1Cc2ccccc21. The Morgan fingerprint density at radius 2 is 2.11 bits per heavy atom. The van der Waals surface area contributed by atoms with Gasteiger partial charge in [-0.3, -0.25) is 0 Å². The van der Waals surface area contributed by atoms with Gasteiger partial charge in [-0.05, 0) is 35.8 Å². The molecule has 1 N–H and O–H groups in total. The van der Waals surface area contributed by atoms with Crippen LogP contribution < -0.4 is 5.32 Å². The molecule has 0 saturated carbocycles. The summed E-state index contributed by atoms with van der Waals surface area (Å²) in [7, 11) is 0. The molecule has 0 fully saturated rings. The number of halogens is 1. The average molecular weight is 266 g/mol. The van der Waals surface area contributed by atoms with E-state index in [9.17, 15) is 0 Å². The molecule has 0 heterocycles. The molecule has 18 heavy (non-hydrogen) atoms. The highest BCUT2D eigenvalue weighted by molar-refractivity contribution is 6.17. The van der Waals surface area contributed by atoms with E-state index in [2.05, 4.69) is 43.4 Å². The van der Waals surface area contributed by atoms with Gasteiger partial charge in [0.2, 0.25) is 0 Å². The van der Waals surface area contributed by atoms with E-state index in [1.807, 2.05) is 0 Å². The molecule has 1 nitrogen and oxygen atoms in total. The summed E-state index contributed by atoms with van der Waals surface area (Å²) in [5.41, 5.74) is 3.44. The van der Waals surface area contributed by atoms with Crippen molar-refractivity contribution in [3.05, 3.63) is 35.4 Å². The highest BCUT2D eigenvalue weighted by atomic mass is 35.5. The number of rotatable bonds is 7. The maximum absolute atomic E-state index is 5.76. The molecule has 0 amide bonds. The van der Waals surface area contributed by atoms with Crippen molar-refractivity contribution in [1.29, 1.82) is 0 Å². The van der Waals surface area contributed by atoms with Crippen LogP contribution in [0.1, 0.15) is 43.7 Å². The second-order valence-corrected chi connectivity index (χ2v) is 6.57. The molecule has 1 aromatic carbocycles. The van der Waals surface area contributed by atoms with Gasteiger partial charge < -0.3 is 5.32 Å². The zero-order valence-electron chi connectivity index (χ0n) is 11.5. The Morgan fingerprint density at radius 3 is 2.83 bits per heavy atom. The Bertz CT molecular complexity index is 386. The van der Waals surface area contributed by atoms with E-state index in [1.165, 1.54) is 18.4 Å². The monoisotopic (exact) mass is 265 g/mol. The molecule has 2 heteroatoms. The van der Waals surface area contributed by atoms with Crippen molar-refractivity contribution in [3.8, 4) is 0 Å². The van der Waals surface area contributed by atoms with Crippen LogP contribution in [-0.4, -0.2) is 19.0 Å². The van der Waals surface area contributed by atoms with E-state index in [0.29, 0.717) is 5.41 Å². The van der Waals surface area contributed by atoms with Crippen molar-refractivity contribution < 1.29 is 0 Å². The Hall–Kier alpha value is -0.530. The normalized spacial score (nSPS) is 18.3. The third-order valence-corrected chi connectivity index (χ3v) is 4.21. The number of alkyl halides is 1. The minimum absolute atomic E-state index is 0.359. The van der Waals surface area contributed by atoms with Gasteiger partial charge in [-0.25, -0.2) is 0 Å². The molecule has 1 aliphatic carbocycles. The lowest BCUT2D eigenvalue weighted by atomic mass is 9.77. The van der Waals surface area contributed by atoms with Crippen molar-refractivity contribution >= 4 is 11.6 Å². The third-order valence-electron chi connectivity index (χ3n) is 3.94. The zero-order chi connectivity index (χ0) is 13.0. The molecule has 1 atom stereocenters.